The third-order valence-corrected chi connectivity index (χ3v) is 3.51. The second-order valence-corrected chi connectivity index (χ2v) is 4.88. The van der Waals surface area contributed by atoms with Crippen LogP contribution < -0.4 is 5.32 Å². The topological polar surface area (TPSA) is 32.3 Å². The van der Waals surface area contributed by atoms with Gasteiger partial charge < -0.3 is 5.32 Å². The molecule has 98 valence electrons. The first-order valence-electron chi connectivity index (χ1n) is 6.85. The maximum absolute atomic E-state index is 11.3. The van der Waals surface area contributed by atoms with E-state index >= 15 is 0 Å². The minimum Gasteiger partial charge on any atom is -0.352 e. The van der Waals surface area contributed by atoms with E-state index in [0.717, 1.165) is 6.54 Å². The number of nitrogens with zero attached hydrogens (tertiary/aromatic N) is 1. The van der Waals surface area contributed by atoms with Crippen molar-refractivity contribution in [2.75, 3.05) is 13.1 Å². The molecule has 1 amide bonds. The summed E-state index contributed by atoms with van der Waals surface area (Å²) in [6.45, 7) is 5.95. The van der Waals surface area contributed by atoms with Crippen molar-refractivity contribution in [1.29, 1.82) is 0 Å². The Hall–Kier alpha value is -1.35. The molecule has 1 heterocycles. The van der Waals surface area contributed by atoms with Crippen molar-refractivity contribution in [3.05, 3.63) is 35.4 Å². The Kier molecular flexibility index (Phi) is 4.76. The second kappa shape index (κ2) is 6.55. The Morgan fingerprint density at radius 2 is 1.89 bits per heavy atom. The van der Waals surface area contributed by atoms with E-state index in [0.29, 0.717) is 13.0 Å². The van der Waals surface area contributed by atoms with E-state index in [9.17, 15) is 4.79 Å². The number of carbonyl (C=O) groups is 1. The van der Waals surface area contributed by atoms with Gasteiger partial charge in [0.2, 0.25) is 5.91 Å². The van der Waals surface area contributed by atoms with E-state index in [4.69, 9.17) is 0 Å². The molecule has 0 radical (unpaired) electrons. The van der Waals surface area contributed by atoms with Crippen LogP contribution in [-0.4, -0.2) is 23.9 Å². The number of carbonyl (C=O) groups excluding carboxylic acids is 1. The lowest BCUT2D eigenvalue weighted by atomic mass is 10.1. The minimum absolute atomic E-state index is 0.117. The number of rotatable bonds is 5. The molecule has 3 nitrogen and oxygen atoms in total. The first kappa shape index (κ1) is 13.1. The number of hydrogen-bond donors (Lipinski definition) is 1. The lowest BCUT2D eigenvalue weighted by Gasteiger charge is -2.17. The molecule has 0 spiro atoms. The normalized spacial score (nSPS) is 15.8. The van der Waals surface area contributed by atoms with Crippen molar-refractivity contribution in [2.24, 2.45) is 0 Å². The van der Waals surface area contributed by atoms with Gasteiger partial charge in [-0.15, -0.1) is 0 Å². The van der Waals surface area contributed by atoms with Gasteiger partial charge in [0.1, 0.15) is 0 Å². The zero-order chi connectivity index (χ0) is 12.8. The van der Waals surface area contributed by atoms with Crippen LogP contribution in [-0.2, 0) is 17.9 Å². The van der Waals surface area contributed by atoms with Gasteiger partial charge in [-0.3, -0.25) is 9.69 Å². The van der Waals surface area contributed by atoms with Gasteiger partial charge in [0.25, 0.3) is 0 Å². The van der Waals surface area contributed by atoms with Gasteiger partial charge in [0, 0.05) is 19.5 Å². The van der Waals surface area contributed by atoms with Crippen LogP contribution in [0.3, 0.4) is 0 Å². The smallest absolute Gasteiger partial charge is 0.219 e. The van der Waals surface area contributed by atoms with E-state index in [1.807, 2.05) is 13.0 Å². The highest BCUT2D eigenvalue weighted by Crippen LogP contribution is 2.16. The third-order valence-electron chi connectivity index (χ3n) is 3.51. The van der Waals surface area contributed by atoms with Crippen LogP contribution in [0.2, 0.25) is 0 Å². The fraction of sp³-hybridized carbons (Fsp3) is 0.533. The van der Waals surface area contributed by atoms with Gasteiger partial charge >= 0.3 is 0 Å². The number of nitrogens with one attached hydrogen (secondary N) is 1. The zero-order valence-electron chi connectivity index (χ0n) is 11.1. The summed E-state index contributed by atoms with van der Waals surface area (Å²) >= 11 is 0. The third kappa shape index (κ3) is 3.57. The quantitative estimate of drug-likeness (QED) is 0.864. The van der Waals surface area contributed by atoms with Crippen LogP contribution in [0.15, 0.2) is 24.3 Å². The van der Waals surface area contributed by atoms with Crippen molar-refractivity contribution in [3.8, 4) is 0 Å². The van der Waals surface area contributed by atoms with Crippen LogP contribution in [0.1, 0.15) is 37.3 Å². The Labute approximate surface area is 109 Å². The summed E-state index contributed by atoms with van der Waals surface area (Å²) in [5.74, 6) is 0.117. The Morgan fingerprint density at radius 3 is 2.56 bits per heavy atom. The fourth-order valence-electron chi connectivity index (χ4n) is 2.38. The van der Waals surface area contributed by atoms with Gasteiger partial charge in [-0.05, 0) is 37.1 Å². The molecule has 1 aliphatic heterocycles. The second-order valence-electron chi connectivity index (χ2n) is 4.88. The molecule has 2 rings (SSSR count). The van der Waals surface area contributed by atoms with Crippen molar-refractivity contribution >= 4 is 5.91 Å². The van der Waals surface area contributed by atoms with Crippen molar-refractivity contribution < 1.29 is 4.79 Å². The number of benzene rings is 1. The predicted molar refractivity (Wildman–Crippen MR) is 73.1 cm³/mol. The molecular formula is C15H22N2O. The Morgan fingerprint density at radius 1 is 1.22 bits per heavy atom. The monoisotopic (exact) mass is 246 g/mol. The van der Waals surface area contributed by atoms with Crippen LogP contribution >= 0.6 is 0 Å². The van der Waals surface area contributed by atoms with Crippen molar-refractivity contribution in [3.63, 3.8) is 0 Å². The molecule has 1 aromatic rings. The summed E-state index contributed by atoms with van der Waals surface area (Å²) in [7, 11) is 0. The van der Waals surface area contributed by atoms with Crippen molar-refractivity contribution in [2.45, 2.75) is 39.3 Å². The van der Waals surface area contributed by atoms with Crippen LogP contribution in [0, 0.1) is 0 Å². The molecule has 1 N–H and O–H groups in total. The molecule has 1 aliphatic rings. The molecule has 0 unspecified atom stereocenters. The Bertz CT molecular complexity index is 397. The van der Waals surface area contributed by atoms with Gasteiger partial charge in [-0.25, -0.2) is 0 Å². The molecule has 18 heavy (non-hydrogen) atoms. The maximum Gasteiger partial charge on any atom is 0.219 e. The molecule has 3 heteroatoms. The molecule has 0 aromatic heterocycles. The van der Waals surface area contributed by atoms with Gasteiger partial charge in [0.05, 0.1) is 0 Å². The van der Waals surface area contributed by atoms with E-state index in [1.54, 1.807) is 0 Å². The summed E-state index contributed by atoms with van der Waals surface area (Å²) in [4.78, 5) is 13.8. The standard InChI is InChI=1S/C15H22N2O/c1-2-15(18)16-11-13-7-3-4-8-14(13)12-17-9-5-6-10-17/h3-4,7-8H,2,5-6,9-12H2,1H3,(H,16,18). The first-order valence-corrected chi connectivity index (χ1v) is 6.85. The molecule has 1 aromatic carbocycles. The van der Waals surface area contributed by atoms with Gasteiger partial charge in [-0.1, -0.05) is 31.2 Å². The predicted octanol–water partition coefficient (Wildman–Crippen LogP) is 2.31. The summed E-state index contributed by atoms with van der Waals surface area (Å²) in [6, 6.07) is 8.41. The van der Waals surface area contributed by atoms with E-state index in [1.165, 1.54) is 37.1 Å². The zero-order valence-corrected chi connectivity index (χ0v) is 11.1. The summed E-state index contributed by atoms with van der Waals surface area (Å²) in [5.41, 5.74) is 2.59. The number of amides is 1. The average Bonchev–Trinajstić information content (AvgIpc) is 2.90. The van der Waals surface area contributed by atoms with Gasteiger partial charge in [0.15, 0.2) is 0 Å². The molecule has 1 fully saturated rings. The van der Waals surface area contributed by atoms with Gasteiger partial charge in [-0.2, -0.15) is 0 Å². The van der Waals surface area contributed by atoms with E-state index in [2.05, 4.69) is 28.4 Å². The van der Waals surface area contributed by atoms with E-state index in [-0.39, 0.29) is 5.91 Å². The van der Waals surface area contributed by atoms with E-state index < -0.39 is 0 Å². The molecule has 0 atom stereocenters. The number of hydrogen-bond acceptors (Lipinski definition) is 2. The van der Waals surface area contributed by atoms with Crippen LogP contribution in [0.4, 0.5) is 0 Å². The molecular weight excluding hydrogens is 224 g/mol. The average molecular weight is 246 g/mol. The molecule has 0 bridgehead atoms. The number of likely N-dealkylation sites (tertiary alicyclic amines) is 1. The van der Waals surface area contributed by atoms with Crippen LogP contribution in [0.5, 0.6) is 0 Å². The highest BCUT2D eigenvalue weighted by atomic mass is 16.1. The highest BCUT2D eigenvalue weighted by Gasteiger charge is 2.13. The fourth-order valence-corrected chi connectivity index (χ4v) is 2.38. The summed E-state index contributed by atoms with van der Waals surface area (Å²) in [6.07, 6.45) is 3.18. The minimum atomic E-state index is 0.117. The molecule has 1 saturated heterocycles. The van der Waals surface area contributed by atoms with Crippen molar-refractivity contribution in [1.82, 2.24) is 10.2 Å². The Balaban J connectivity index is 1.98. The maximum atomic E-state index is 11.3. The molecule has 0 saturated carbocycles. The molecule has 0 aliphatic carbocycles. The highest BCUT2D eigenvalue weighted by molar-refractivity contribution is 5.75. The lowest BCUT2D eigenvalue weighted by Crippen LogP contribution is -2.24. The van der Waals surface area contributed by atoms with Crippen LogP contribution in [0.25, 0.3) is 0 Å². The summed E-state index contributed by atoms with van der Waals surface area (Å²) < 4.78 is 0. The lowest BCUT2D eigenvalue weighted by molar-refractivity contribution is -0.120. The largest absolute Gasteiger partial charge is 0.352 e. The SMILES string of the molecule is CCC(=O)NCc1ccccc1CN1CCCC1. The first-order chi connectivity index (χ1) is 8.79. The summed E-state index contributed by atoms with van der Waals surface area (Å²) in [5, 5.41) is 2.96.